The van der Waals surface area contributed by atoms with Crippen molar-refractivity contribution in [3.05, 3.63) is 82.0 Å². The van der Waals surface area contributed by atoms with Crippen LogP contribution in [0.1, 0.15) is 35.6 Å². The number of piperidine rings is 1. The summed E-state index contributed by atoms with van der Waals surface area (Å²) >= 11 is 0. The topological polar surface area (TPSA) is 73.9 Å². The highest BCUT2D eigenvalue weighted by molar-refractivity contribution is 5.56. The summed E-state index contributed by atoms with van der Waals surface area (Å²) in [5, 5.41) is 3.37. The maximum Gasteiger partial charge on any atom is 0.251 e. The summed E-state index contributed by atoms with van der Waals surface area (Å²) in [6, 6.07) is 14.0. The molecular formula is C23H27N5O. The van der Waals surface area contributed by atoms with Crippen LogP contribution in [0.25, 0.3) is 11.4 Å². The van der Waals surface area contributed by atoms with E-state index in [2.05, 4.69) is 45.4 Å². The van der Waals surface area contributed by atoms with Crippen LogP contribution in [-0.2, 0) is 13.1 Å². The average Bonchev–Trinajstić information content (AvgIpc) is 2.75. The van der Waals surface area contributed by atoms with Gasteiger partial charge in [0.15, 0.2) is 0 Å². The third-order valence-electron chi connectivity index (χ3n) is 5.35. The van der Waals surface area contributed by atoms with Gasteiger partial charge in [-0.2, -0.15) is 0 Å². The number of rotatable bonds is 6. The maximum atomic E-state index is 12.3. The van der Waals surface area contributed by atoms with Gasteiger partial charge in [0, 0.05) is 43.0 Å². The highest BCUT2D eigenvalue weighted by Crippen LogP contribution is 2.24. The van der Waals surface area contributed by atoms with Crippen LogP contribution in [0.5, 0.6) is 0 Å². The van der Waals surface area contributed by atoms with Crippen molar-refractivity contribution in [3.8, 4) is 11.4 Å². The minimum Gasteiger partial charge on any atom is -0.317 e. The van der Waals surface area contributed by atoms with E-state index in [4.69, 9.17) is 4.98 Å². The van der Waals surface area contributed by atoms with Crippen molar-refractivity contribution < 1.29 is 0 Å². The molecule has 1 fully saturated rings. The molecule has 0 bridgehead atoms. The molecule has 1 aromatic carbocycles. The molecule has 1 aliphatic heterocycles. The van der Waals surface area contributed by atoms with E-state index in [1.165, 1.54) is 11.1 Å². The predicted octanol–water partition coefficient (Wildman–Crippen LogP) is 2.93. The number of benzene rings is 1. The number of hydrogen-bond donors (Lipinski definition) is 2. The molecule has 3 heterocycles. The molecule has 0 spiro atoms. The number of pyridine rings is 1. The monoisotopic (exact) mass is 389 g/mol. The van der Waals surface area contributed by atoms with E-state index in [1.54, 1.807) is 12.3 Å². The van der Waals surface area contributed by atoms with Gasteiger partial charge in [0.2, 0.25) is 0 Å². The molecule has 0 amide bonds. The number of nitrogens with one attached hydrogen (secondary N) is 2. The molecule has 6 nitrogen and oxygen atoms in total. The maximum absolute atomic E-state index is 12.3. The normalized spacial score (nSPS) is 15.0. The van der Waals surface area contributed by atoms with Crippen molar-refractivity contribution >= 4 is 0 Å². The number of nitrogens with zero attached hydrogens (tertiary/aromatic N) is 3. The van der Waals surface area contributed by atoms with E-state index in [1.807, 2.05) is 24.4 Å². The summed E-state index contributed by atoms with van der Waals surface area (Å²) in [6.45, 7) is 3.60. The molecule has 0 saturated carbocycles. The average molecular weight is 390 g/mol. The lowest BCUT2D eigenvalue weighted by Gasteiger charge is -2.22. The molecule has 1 aliphatic rings. The Bertz CT molecular complexity index is 995. The Balaban J connectivity index is 1.52. The van der Waals surface area contributed by atoms with Gasteiger partial charge in [0.05, 0.1) is 5.69 Å². The van der Waals surface area contributed by atoms with Gasteiger partial charge in [-0.1, -0.05) is 24.3 Å². The Morgan fingerprint density at radius 3 is 2.66 bits per heavy atom. The van der Waals surface area contributed by atoms with Gasteiger partial charge < -0.3 is 10.3 Å². The molecule has 29 heavy (non-hydrogen) atoms. The standard InChI is InChI=1S/C23H27N5O/c1-28(16-18-5-3-9-25-14-18)15-17-4-2-6-20(12-17)23-26-21(13-22(29)27-23)19-7-10-24-11-8-19/h2-6,9,12-14,19,24H,7-8,10-11,15-16H2,1H3,(H,26,27,29). The summed E-state index contributed by atoms with van der Waals surface area (Å²) in [6.07, 6.45) is 5.73. The van der Waals surface area contributed by atoms with Gasteiger partial charge in [-0.25, -0.2) is 4.98 Å². The van der Waals surface area contributed by atoms with Gasteiger partial charge in [-0.15, -0.1) is 0 Å². The fraction of sp³-hybridized carbons (Fsp3) is 0.348. The van der Waals surface area contributed by atoms with Crippen LogP contribution in [-0.4, -0.2) is 40.0 Å². The summed E-state index contributed by atoms with van der Waals surface area (Å²) in [5.41, 5.74) is 4.15. The fourth-order valence-corrected chi connectivity index (χ4v) is 3.93. The van der Waals surface area contributed by atoms with Crippen LogP contribution in [0.2, 0.25) is 0 Å². The smallest absolute Gasteiger partial charge is 0.251 e. The first-order valence-electron chi connectivity index (χ1n) is 10.2. The Labute approximate surface area is 171 Å². The Morgan fingerprint density at radius 2 is 1.86 bits per heavy atom. The van der Waals surface area contributed by atoms with Crippen LogP contribution >= 0.6 is 0 Å². The largest absolute Gasteiger partial charge is 0.317 e. The minimum atomic E-state index is -0.0809. The molecule has 2 aromatic heterocycles. The molecule has 0 radical (unpaired) electrons. The summed E-state index contributed by atoms with van der Waals surface area (Å²) in [4.78, 5) is 26.4. The number of H-pyrrole nitrogens is 1. The third kappa shape index (κ3) is 5.16. The predicted molar refractivity (Wildman–Crippen MR) is 115 cm³/mol. The van der Waals surface area contributed by atoms with E-state index < -0.39 is 0 Å². The zero-order valence-corrected chi connectivity index (χ0v) is 16.8. The van der Waals surface area contributed by atoms with Gasteiger partial charge >= 0.3 is 0 Å². The molecule has 6 heteroatoms. The molecule has 2 N–H and O–H groups in total. The van der Waals surface area contributed by atoms with Crippen molar-refractivity contribution in [2.24, 2.45) is 0 Å². The van der Waals surface area contributed by atoms with E-state index in [0.29, 0.717) is 11.7 Å². The van der Waals surface area contributed by atoms with Crippen LogP contribution in [0.4, 0.5) is 0 Å². The second kappa shape index (κ2) is 9.11. The van der Waals surface area contributed by atoms with E-state index in [9.17, 15) is 4.79 Å². The van der Waals surface area contributed by atoms with E-state index >= 15 is 0 Å². The van der Waals surface area contributed by atoms with Gasteiger partial charge in [-0.3, -0.25) is 14.7 Å². The van der Waals surface area contributed by atoms with Crippen molar-refractivity contribution in [2.75, 3.05) is 20.1 Å². The van der Waals surface area contributed by atoms with Crippen LogP contribution in [0.3, 0.4) is 0 Å². The molecule has 0 aliphatic carbocycles. The molecule has 150 valence electrons. The summed E-state index contributed by atoms with van der Waals surface area (Å²) in [5.74, 6) is 1.01. The lowest BCUT2D eigenvalue weighted by Crippen LogP contribution is -2.28. The molecule has 4 rings (SSSR count). The van der Waals surface area contributed by atoms with Crippen molar-refractivity contribution in [2.45, 2.75) is 31.8 Å². The second-order valence-corrected chi connectivity index (χ2v) is 7.78. The lowest BCUT2D eigenvalue weighted by atomic mass is 9.94. The zero-order valence-electron chi connectivity index (χ0n) is 16.8. The molecule has 1 saturated heterocycles. The first kappa shape index (κ1) is 19.5. The first-order valence-corrected chi connectivity index (χ1v) is 10.2. The molecular weight excluding hydrogens is 362 g/mol. The van der Waals surface area contributed by atoms with Crippen molar-refractivity contribution in [3.63, 3.8) is 0 Å². The van der Waals surface area contributed by atoms with Crippen LogP contribution < -0.4 is 10.9 Å². The van der Waals surface area contributed by atoms with Crippen LogP contribution in [0.15, 0.2) is 59.7 Å². The number of aromatic amines is 1. The van der Waals surface area contributed by atoms with E-state index in [0.717, 1.165) is 50.3 Å². The Kier molecular flexibility index (Phi) is 6.12. The lowest BCUT2D eigenvalue weighted by molar-refractivity contribution is 0.319. The fourth-order valence-electron chi connectivity index (χ4n) is 3.93. The number of aromatic nitrogens is 3. The third-order valence-corrected chi connectivity index (χ3v) is 5.35. The zero-order chi connectivity index (χ0) is 20.1. The van der Waals surface area contributed by atoms with E-state index in [-0.39, 0.29) is 5.56 Å². The summed E-state index contributed by atoms with van der Waals surface area (Å²) in [7, 11) is 2.09. The Morgan fingerprint density at radius 1 is 1.07 bits per heavy atom. The van der Waals surface area contributed by atoms with Gasteiger partial charge in [-0.05, 0) is 56.2 Å². The summed E-state index contributed by atoms with van der Waals surface area (Å²) < 4.78 is 0. The highest BCUT2D eigenvalue weighted by atomic mass is 16.1. The first-order chi connectivity index (χ1) is 14.2. The molecule has 3 aromatic rings. The second-order valence-electron chi connectivity index (χ2n) is 7.78. The van der Waals surface area contributed by atoms with Crippen molar-refractivity contribution in [1.82, 2.24) is 25.2 Å². The molecule has 0 unspecified atom stereocenters. The highest BCUT2D eigenvalue weighted by Gasteiger charge is 2.18. The van der Waals surface area contributed by atoms with Crippen LogP contribution in [0, 0.1) is 0 Å². The van der Waals surface area contributed by atoms with Gasteiger partial charge in [0.25, 0.3) is 5.56 Å². The minimum absolute atomic E-state index is 0.0809. The van der Waals surface area contributed by atoms with Gasteiger partial charge in [0.1, 0.15) is 5.82 Å². The Hall–Kier alpha value is -2.83. The SMILES string of the molecule is CN(Cc1cccnc1)Cc1cccc(-c2nc(C3CCNCC3)cc(=O)[nH]2)c1. The quantitative estimate of drug-likeness (QED) is 0.678. The number of hydrogen-bond acceptors (Lipinski definition) is 5. The van der Waals surface area contributed by atoms with Crippen molar-refractivity contribution in [1.29, 1.82) is 0 Å². The molecule has 0 atom stereocenters.